The lowest BCUT2D eigenvalue weighted by Crippen LogP contribution is -2.02. The Morgan fingerprint density at radius 2 is 2.38 bits per heavy atom. The van der Waals surface area contributed by atoms with Crippen LogP contribution >= 0.6 is 11.6 Å². The van der Waals surface area contributed by atoms with Gasteiger partial charge in [0.25, 0.3) is 0 Å². The van der Waals surface area contributed by atoms with Crippen molar-refractivity contribution in [3.63, 3.8) is 0 Å². The molecule has 5 heteroatoms. The van der Waals surface area contributed by atoms with E-state index in [1.54, 1.807) is 29.2 Å². The number of nitrogens with zero attached hydrogens (tertiary/aromatic N) is 3. The van der Waals surface area contributed by atoms with Crippen LogP contribution in [0.25, 0.3) is 5.65 Å². The predicted molar refractivity (Wildman–Crippen MR) is 48.7 cm³/mol. The fourth-order valence-electron chi connectivity index (χ4n) is 1.19. The summed E-state index contributed by atoms with van der Waals surface area (Å²) in [4.78, 5) is 7.98. The summed E-state index contributed by atoms with van der Waals surface area (Å²) in [6.45, 7) is 0. The van der Waals surface area contributed by atoms with Gasteiger partial charge < -0.3 is 5.11 Å². The molecule has 0 aliphatic carbocycles. The molecule has 13 heavy (non-hydrogen) atoms. The third-order valence-electron chi connectivity index (χ3n) is 1.83. The maximum atomic E-state index is 9.50. The minimum Gasteiger partial charge on any atom is -0.386 e. The van der Waals surface area contributed by atoms with Gasteiger partial charge in [0, 0.05) is 12.4 Å². The van der Waals surface area contributed by atoms with E-state index in [0.29, 0.717) is 11.3 Å². The van der Waals surface area contributed by atoms with Gasteiger partial charge in [-0.2, -0.15) is 0 Å². The Bertz CT molecular complexity index is 414. The highest BCUT2D eigenvalue weighted by molar-refractivity contribution is 6.18. The number of aliphatic hydroxyl groups is 1. The molecule has 0 aliphatic heterocycles. The Labute approximate surface area is 79.8 Å². The molecule has 0 radical (unpaired) electrons. The lowest BCUT2D eigenvalue weighted by molar-refractivity contribution is 0.196. The second kappa shape index (κ2) is 3.32. The standard InChI is InChI=1S/C8H8ClN3O/c9-3-7(13)6-4-11-8-5-10-1-2-12(6)8/h1-2,4-5,7,13H,3H2. The van der Waals surface area contributed by atoms with Crippen molar-refractivity contribution in [2.45, 2.75) is 6.10 Å². The third kappa shape index (κ3) is 1.38. The molecule has 0 aromatic carbocycles. The molecule has 0 amide bonds. The van der Waals surface area contributed by atoms with Crippen LogP contribution in [0.1, 0.15) is 11.8 Å². The number of aliphatic hydroxyl groups excluding tert-OH is 1. The Balaban J connectivity index is 2.57. The number of aromatic nitrogens is 3. The van der Waals surface area contributed by atoms with Gasteiger partial charge in [0.1, 0.15) is 6.10 Å². The number of imidazole rings is 1. The van der Waals surface area contributed by atoms with E-state index in [1.165, 1.54) is 0 Å². The van der Waals surface area contributed by atoms with Gasteiger partial charge in [0.05, 0.1) is 24.0 Å². The number of halogens is 1. The molecule has 0 bridgehead atoms. The van der Waals surface area contributed by atoms with E-state index in [0.717, 1.165) is 0 Å². The van der Waals surface area contributed by atoms with Crippen molar-refractivity contribution >= 4 is 17.2 Å². The zero-order chi connectivity index (χ0) is 9.26. The molecule has 2 heterocycles. The number of rotatable bonds is 2. The van der Waals surface area contributed by atoms with Crippen LogP contribution in [0.3, 0.4) is 0 Å². The molecule has 0 saturated heterocycles. The first kappa shape index (κ1) is 8.47. The monoisotopic (exact) mass is 197 g/mol. The zero-order valence-electron chi connectivity index (χ0n) is 6.76. The Morgan fingerprint density at radius 1 is 1.54 bits per heavy atom. The maximum absolute atomic E-state index is 9.50. The molecule has 0 fully saturated rings. The molecule has 2 aromatic rings. The van der Waals surface area contributed by atoms with Crippen molar-refractivity contribution in [3.05, 3.63) is 30.5 Å². The van der Waals surface area contributed by atoms with Crippen LogP contribution in [0.5, 0.6) is 0 Å². The van der Waals surface area contributed by atoms with Crippen LogP contribution in [0.4, 0.5) is 0 Å². The highest BCUT2D eigenvalue weighted by atomic mass is 35.5. The van der Waals surface area contributed by atoms with Crippen LogP contribution in [0.2, 0.25) is 0 Å². The summed E-state index contributed by atoms with van der Waals surface area (Å²) in [6.07, 6.45) is 5.93. The molecule has 2 aromatic heterocycles. The molecule has 1 atom stereocenters. The van der Waals surface area contributed by atoms with Gasteiger partial charge in [-0.1, -0.05) is 0 Å². The van der Waals surface area contributed by atoms with Crippen LogP contribution in [-0.4, -0.2) is 25.4 Å². The molecule has 4 nitrogen and oxygen atoms in total. The third-order valence-corrected chi connectivity index (χ3v) is 2.13. The average molecular weight is 198 g/mol. The molecular formula is C8H8ClN3O. The van der Waals surface area contributed by atoms with Crippen molar-refractivity contribution in [1.29, 1.82) is 0 Å². The molecule has 0 aliphatic rings. The van der Waals surface area contributed by atoms with E-state index in [9.17, 15) is 5.11 Å². The van der Waals surface area contributed by atoms with Gasteiger partial charge in [-0.25, -0.2) is 4.98 Å². The van der Waals surface area contributed by atoms with Crippen LogP contribution in [0, 0.1) is 0 Å². The van der Waals surface area contributed by atoms with Crippen LogP contribution in [0.15, 0.2) is 24.8 Å². The molecule has 0 saturated carbocycles. The Hall–Kier alpha value is -1.13. The van der Waals surface area contributed by atoms with Gasteiger partial charge in [0.2, 0.25) is 0 Å². The average Bonchev–Trinajstić information content (AvgIpc) is 2.60. The van der Waals surface area contributed by atoms with Gasteiger partial charge in [0.15, 0.2) is 5.65 Å². The van der Waals surface area contributed by atoms with E-state index in [4.69, 9.17) is 11.6 Å². The van der Waals surface area contributed by atoms with Crippen LogP contribution in [-0.2, 0) is 0 Å². The van der Waals surface area contributed by atoms with E-state index in [-0.39, 0.29) is 5.88 Å². The summed E-state index contributed by atoms with van der Waals surface area (Å²) in [5, 5.41) is 9.50. The fourth-order valence-corrected chi connectivity index (χ4v) is 1.35. The largest absolute Gasteiger partial charge is 0.386 e. The zero-order valence-corrected chi connectivity index (χ0v) is 7.52. The summed E-state index contributed by atoms with van der Waals surface area (Å²) in [6, 6.07) is 0. The van der Waals surface area contributed by atoms with E-state index >= 15 is 0 Å². The summed E-state index contributed by atoms with van der Waals surface area (Å²) >= 11 is 5.54. The van der Waals surface area contributed by atoms with Crippen molar-refractivity contribution in [2.75, 3.05) is 5.88 Å². The van der Waals surface area contributed by atoms with Crippen molar-refractivity contribution < 1.29 is 5.11 Å². The minimum absolute atomic E-state index is 0.163. The molecular weight excluding hydrogens is 190 g/mol. The topological polar surface area (TPSA) is 50.4 Å². The highest BCUT2D eigenvalue weighted by Crippen LogP contribution is 2.15. The second-order valence-corrected chi connectivity index (χ2v) is 2.97. The van der Waals surface area contributed by atoms with E-state index in [1.807, 2.05) is 0 Å². The van der Waals surface area contributed by atoms with Crippen molar-refractivity contribution in [1.82, 2.24) is 14.4 Å². The quantitative estimate of drug-likeness (QED) is 0.731. The summed E-state index contributed by atoms with van der Waals surface area (Å²) < 4.78 is 1.76. The first-order chi connectivity index (χ1) is 6.33. The molecule has 68 valence electrons. The van der Waals surface area contributed by atoms with E-state index in [2.05, 4.69) is 9.97 Å². The number of hydrogen-bond donors (Lipinski definition) is 1. The lowest BCUT2D eigenvalue weighted by atomic mass is 10.3. The Kier molecular flexibility index (Phi) is 2.16. The first-order valence-corrected chi connectivity index (χ1v) is 4.37. The predicted octanol–water partition coefficient (Wildman–Crippen LogP) is 1.00. The minimum atomic E-state index is -0.681. The van der Waals surface area contributed by atoms with Crippen LogP contribution < -0.4 is 0 Å². The molecule has 1 N–H and O–H groups in total. The normalized spacial score (nSPS) is 13.4. The van der Waals surface area contributed by atoms with Gasteiger partial charge >= 0.3 is 0 Å². The number of alkyl halides is 1. The number of hydrogen-bond acceptors (Lipinski definition) is 3. The first-order valence-electron chi connectivity index (χ1n) is 3.84. The van der Waals surface area contributed by atoms with Gasteiger partial charge in [-0.15, -0.1) is 11.6 Å². The maximum Gasteiger partial charge on any atom is 0.155 e. The summed E-state index contributed by atoms with van der Waals surface area (Å²) in [5.74, 6) is 0.163. The molecule has 1 unspecified atom stereocenters. The lowest BCUT2D eigenvalue weighted by Gasteiger charge is -2.04. The molecule has 0 spiro atoms. The van der Waals surface area contributed by atoms with E-state index < -0.39 is 6.10 Å². The fraction of sp³-hybridized carbons (Fsp3) is 0.250. The highest BCUT2D eigenvalue weighted by Gasteiger charge is 2.10. The summed E-state index contributed by atoms with van der Waals surface area (Å²) in [7, 11) is 0. The smallest absolute Gasteiger partial charge is 0.155 e. The number of fused-ring (bicyclic) bond motifs is 1. The van der Waals surface area contributed by atoms with Crippen molar-refractivity contribution in [3.8, 4) is 0 Å². The SMILES string of the molecule is OC(CCl)c1cnc2cnccn12. The molecule has 2 rings (SSSR count). The Morgan fingerprint density at radius 3 is 3.15 bits per heavy atom. The summed E-state index contributed by atoms with van der Waals surface area (Å²) in [5.41, 5.74) is 1.40. The van der Waals surface area contributed by atoms with Crippen molar-refractivity contribution in [2.24, 2.45) is 0 Å². The second-order valence-electron chi connectivity index (χ2n) is 2.66. The van der Waals surface area contributed by atoms with Gasteiger partial charge in [-0.05, 0) is 0 Å². The van der Waals surface area contributed by atoms with Gasteiger partial charge in [-0.3, -0.25) is 9.38 Å².